The van der Waals surface area contributed by atoms with Crippen LogP contribution in [0.2, 0.25) is 0 Å². The number of nitrogens with one attached hydrogen (secondary N) is 1. The van der Waals surface area contributed by atoms with Gasteiger partial charge in [0, 0.05) is 32.5 Å². The molecule has 0 atom stereocenters. The van der Waals surface area contributed by atoms with Crippen LogP contribution in [-0.2, 0) is 10.0 Å². The van der Waals surface area contributed by atoms with Crippen LogP contribution in [0.15, 0.2) is 18.5 Å². The van der Waals surface area contributed by atoms with Crippen LogP contribution in [0.3, 0.4) is 0 Å². The first-order valence-corrected chi connectivity index (χ1v) is 8.54. The molecular formula is C13H21N5O2S. The third-order valence-corrected chi connectivity index (χ3v) is 5.16. The van der Waals surface area contributed by atoms with Gasteiger partial charge in [0.05, 0.1) is 11.4 Å². The van der Waals surface area contributed by atoms with E-state index in [0.717, 1.165) is 17.0 Å². The molecule has 0 fully saturated rings. The van der Waals surface area contributed by atoms with Crippen molar-refractivity contribution in [3.63, 3.8) is 0 Å². The van der Waals surface area contributed by atoms with Gasteiger partial charge in [-0.05, 0) is 26.3 Å². The third kappa shape index (κ3) is 3.70. The van der Waals surface area contributed by atoms with Crippen LogP contribution in [-0.4, -0.2) is 53.2 Å². The molecule has 0 aliphatic rings. The van der Waals surface area contributed by atoms with Crippen molar-refractivity contribution in [1.29, 1.82) is 0 Å². The SMILES string of the molecule is CCS(=O)(=O)N(C)CCCNc1nccn2nc(C)cc12. The Morgan fingerprint density at radius 1 is 1.43 bits per heavy atom. The molecule has 0 aliphatic heterocycles. The average Bonchev–Trinajstić information content (AvgIpc) is 2.84. The molecule has 0 aromatic carbocycles. The van der Waals surface area contributed by atoms with Gasteiger partial charge >= 0.3 is 0 Å². The van der Waals surface area contributed by atoms with Crippen LogP contribution in [0.25, 0.3) is 5.52 Å². The second kappa shape index (κ2) is 6.40. The number of aryl methyl sites for hydroxylation is 1. The molecule has 0 unspecified atom stereocenters. The van der Waals surface area contributed by atoms with E-state index in [1.54, 1.807) is 30.9 Å². The Hall–Kier alpha value is -1.67. The molecule has 2 rings (SSSR count). The zero-order chi connectivity index (χ0) is 15.5. The largest absolute Gasteiger partial charge is 0.368 e. The molecule has 2 heterocycles. The van der Waals surface area contributed by atoms with Crippen molar-refractivity contribution in [1.82, 2.24) is 18.9 Å². The van der Waals surface area contributed by atoms with E-state index in [9.17, 15) is 8.42 Å². The number of hydrogen-bond donors (Lipinski definition) is 1. The number of aromatic nitrogens is 3. The molecule has 0 radical (unpaired) electrons. The van der Waals surface area contributed by atoms with Crippen LogP contribution in [0.1, 0.15) is 19.0 Å². The van der Waals surface area contributed by atoms with E-state index in [-0.39, 0.29) is 5.75 Å². The molecular weight excluding hydrogens is 290 g/mol. The van der Waals surface area contributed by atoms with Gasteiger partial charge in [-0.2, -0.15) is 5.10 Å². The minimum Gasteiger partial charge on any atom is -0.368 e. The molecule has 1 N–H and O–H groups in total. The van der Waals surface area contributed by atoms with Gasteiger partial charge in [0.15, 0.2) is 5.82 Å². The van der Waals surface area contributed by atoms with E-state index in [1.807, 2.05) is 13.0 Å². The van der Waals surface area contributed by atoms with Crippen molar-refractivity contribution < 1.29 is 8.42 Å². The molecule has 2 aromatic rings. The monoisotopic (exact) mass is 311 g/mol. The summed E-state index contributed by atoms with van der Waals surface area (Å²) in [6.07, 6.45) is 4.20. The Bertz CT molecular complexity index is 710. The molecule has 0 aliphatic carbocycles. The van der Waals surface area contributed by atoms with Crippen LogP contribution in [0.5, 0.6) is 0 Å². The van der Waals surface area contributed by atoms with Crippen LogP contribution < -0.4 is 5.32 Å². The normalized spacial score (nSPS) is 12.2. The minimum atomic E-state index is -3.10. The summed E-state index contributed by atoms with van der Waals surface area (Å²) in [5.74, 6) is 0.895. The van der Waals surface area contributed by atoms with Gasteiger partial charge in [-0.15, -0.1) is 0 Å². The maximum atomic E-state index is 11.6. The molecule has 2 aromatic heterocycles. The molecule has 0 spiro atoms. The quantitative estimate of drug-likeness (QED) is 0.775. The van der Waals surface area contributed by atoms with Gasteiger partial charge in [-0.3, -0.25) is 0 Å². The predicted octanol–water partition coefficient (Wildman–Crippen LogP) is 1.12. The van der Waals surface area contributed by atoms with Gasteiger partial charge in [-0.25, -0.2) is 22.2 Å². The Balaban J connectivity index is 1.91. The highest BCUT2D eigenvalue weighted by molar-refractivity contribution is 7.89. The van der Waals surface area contributed by atoms with E-state index in [1.165, 1.54) is 4.31 Å². The van der Waals surface area contributed by atoms with Crippen molar-refractivity contribution in [2.75, 3.05) is 31.2 Å². The highest BCUT2D eigenvalue weighted by atomic mass is 32.2. The number of anilines is 1. The Kier molecular flexibility index (Phi) is 4.79. The summed E-state index contributed by atoms with van der Waals surface area (Å²) in [7, 11) is -1.49. The second-order valence-electron chi connectivity index (χ2n) is 4.89. The van der Waals surface area contributed by atoms with Gasteiger partial charge in [0.2, 0.25) is 10.0 Å². The lowest BCUT2D eigenvalue weighted by molar-refractivity contribution is 0.466. The minimum absolute atomic E-state index is 0.132. The first-order valence-electron chi connectivity index (χ1n) is 6.93. The molecule has 21 heavy (non-hydrogen) atoms. The summed E-state index contributed by atoms with van der Waals surface area (Å²) in [5, 5.41) is 7.56. The zero-order valence-electron chi connectivity index (χ0n) is 12.6. The smallest absolute Gasteiger partial charge is 0.213 e. The molecule has 0 bridgehead atoms. The van der Waals surface area contributed by atoms with E-state index in [4.69, 9.17) is 0 Å². The molecule has 0 amide bonds. The third-order valence-electron chi connectivity index (χ3n) is 3.29. The maximum absolute atomic E-state index is 11.6. The number of fused-ring (bicyclic) bond motifs is 1. The fourth-order valence-corrected chi connectivity index (χ4v) is 2.90. The molecule has 0 saturated heterocycles. The van der Waals surface area contributed by atoms with E-state index >= 15 is 0 Å². The highest BCUT2D eigenvalue weighted by Gasteiger charge is 2.14. The van der Waals surface area contributed by atoms with Gasteiger partial charge < -0.3 is 5.32 Å². The van der Waals surface area contributed by atoms with Gasteiger partial charge in [-0.1, -0.05) is 0 Å². The zero-order valence-corrected chi connectivity index (χ0v) is 13.4. The fraction of sp³-hybridized carbons (Fsp3) is 0.538. The maximum Gasteiger partial charge on any atom is 0.213 e. The number of sulfonamides is 1. The lowest BCUT2D eigenvalue weighted by Crippen LogP contribution is -2.30. The van der Waals surface area contributed by atoms with Gasteiger partial charge in [0.1, 0.15) is 5.52 Å². The second-order valence-corrected chi connectivity index (χ2v) is 7.26. The van der Waals surface area contributed by atoms with Crippen molar-refractivity contribution >= 4 is 21.4 Å². The van der Waals surface area contributed by atoms with E-state index < -0.39 is 10.0 Å². The summed E-state index contributed by atoms with van der Waals surface area (Å²) < 4.78 is 26.4. The number of nitrogens with zero attached hydrogens (tertiary/aromatic N) is 4. The first kappa shape index (κ1) is 15.7. The fourth-order valence-electron chi connectivity index (χ4n) is 2.05. The van der Waals surface area contributed by atoms with Crippen LogP contribution in [0, 0.1) is 6.92 Å². The summed E-state index contributed by atoms with van der Waals surface area (Å²) >= 11 is 0. The molecule has 8 heteroatoms. The Morgan fingerprint density at radius 3 is 2.90 bits per heavy atom. The summed E-state index contributed by atoms with van der Waals surface area (Å²) in [4.78, 5) is 4.30. The average molecular weight is 311 g/mol. The first-order chi connectivity index (χ1) is 9.94. The number of hydrogen-bond acceptors (Lipinski definition) is 5. The van der Waals surface area contributed by atoms with Crippen LogP contribution >= 0.6 is 0 Å². The van der Waals surface area contributed by atoms with Crippen molar-refractivity contribution in [3.05, 3.63) is 24.2 Å². The standard InChI is InChI=1S/C13H21N5O2S/c1-4-21(19,20)17(3)8-5-6-14-13-12-10-11(2)16-18(12)9-7-15-13/h7,9-10H,4-6,8H2,1-3H3,(H,14,15). The summed E-state index contributed by atoms with van der Waals surface area (Å²) in [6, 6.07) is 1.96. The van der Waals surface area contributed by atoms with Crippen molar-refractivity contribution in [3.8, 4) is 0 Å². The molecule has 0 saturated carbocycles. The van der Waals surface area contributed by atoms with Crippen molar-refractivity contribution in [2.45, 2.75) is 20.3 Å². The Labute approximate surface area is 125 Å². The van der Waals surface area contributed by atoms with E-state index in [2.05, 4.69) is 15.4 Å². The highest BCUT2D eigenvalue weighted by Crippen LogP contribution is 2.14. The number of rotatable bonds is 7. The molecule has 116 valence electrons. The van der Waals surface area contributed by atoms with Crippen molar-refractivity contribution in [2.24, 2.45) is 0 Å². The summed E-state index contributed by atoms with van der Waals surface area (Å²) in [5.41, 5.74) is 1.85. The lowest BCUT2D eigenvalue weighted by atomic mass is 10.4. The van der Waals surface area contributed by atoms with E-state index in [0.29, 0.717) is 19.5 Å². The topological polar surface area (TPSA) is 79.6 Å². The Morgan fingerprint density at radius 2 is 2.19 bits per heavy atom. The lowest BCUT2D eigenvalue weighted by Gasteiger charge is -2.16. The van der Waals surface area contributed by atoms with Gasteiger partial charge in [0.25, 0.3) is 0 Å². The summed E-state index contributed by atoms with van der Waals surface area (Å²) in [6.45, 7) is 4.73. The van der Waals surface area contributed by atoms with Crippen LogP contribution in [0.4, 0.5) is 5.82 Å². The molecule has 7 nitrogen and oxygen atoms in total. The predicted molar refractivity (Wildman–Crippen MR) is 82.9 cm³/mol.